The van der Waals surface area contributed by atoms with E-state index in [0.29, 0.717) is 6.42 Å². The smallest absolute Gasteiger partial charge is 0.321 e. The van der Waals surface area contributed by atoms with Crippen LogP contribution in [-0.4, -0.2) is 35.8 Å². The molecule has 0 radical (unpaired) electrons. The molecular formula is C13H18O3S. The van der Waals surface area contributed by atoms with Gasteiger partial charge >= 0.3 is 5.97 Å². The molecular weight excluding hydrogens is 236 g/mol. The quantitative estimate of drug-likeness (QED) is 0.787. The van der Waals surface area contributed by atoms with E-state index in [0.717, 1.165) is 12.0 Å². The first kappa shape index (κ1) is 14.1. The van der Waals surface area contributed by atoms with Gasteiger partial charge in [0.2, 0.25) is 0 Å². The van der Waals surface area contributed by atoms with Gasteiger partial charge in [0.15, 0.2) is 0 Å². The van der Waals surface area contributed by atoms with E-state index >= 15 is 0 Å². The van der Waals surface area contributed by atoms with Gasteiger partial charge in [0.25, 0.3) is 0 Å². The highest BCUT2D eigenvalue weighted by Gasteiger charge is 2.26. The van der Waals surface area contributed by atoms with Crippen molar-refractivity contribution in [2.45, 2.75) is 24.2 Å². The van der Waals surface area contributed by atoms with Gasteiger partial charge in [0, 0.05) is 0 Å². The molecule has 1 rings (SSSR count). The van der Waals surface area contributed by atoms with Crippen molar-refractivity contribution in [2.24, 2.45) is 0 Å². The van der Waals surface area contributed by atoms with Gasteiger partial charge in [-0.25, -0.2) is 0 Å². The third-order valence-electron chi connectivity index (χ3n) is 2.61. The van der Waals surface area contributed by atoms with Gasteiger partial charge in [-0.05, 0) is 24.7 Å². The molecule has 0 aliphatic heterocycles. The Kier molecular flexibility index (Phi) is 6.08. The van der Waals surface area contributed by atoms with E-state index in [-0.39, 0.29) is 5.97 Å². The fraction of sp³-hybridized carbons (Fsp3) is 0.462. The van der Waals surface area contributed by atoms with Crippen molar-refractivity contribution in [1.82, 2.24) is 0 Å². The van der Waals surface area contributed by atoms with Crippen molar-refractivity contribution >= 4 is 17.7 Å². The van der Waals surface area contributed by atoms with Crippen molar-refractivity contribution in [3.63, 3.8) is 0 Å². The zero-order chi connectivity index (χ0) is 12.7. The second kappa shape index (κ2) is 7.35. The van der Waals surface area contributed by atoms with Crippen LogP contribution in [0.1, 0.15) is 12.0 Å². The minimum absolute atomic E-state index is 0.363. The van der Waals surface area contributed by atoms with Gasteiger partial charge in [-0.2, -0.15) is 0 Å². The van der Waals surface area contributed by atoms with Crippen LogP contribution in [0.2, 0.25) is 0 Å². The first-order chi connectivity index (χ1) is 8.19. The molecule has 1 N–H and O–H groups in total. The van der Waals surface area contributed by atoms with E-state index in [1.807, 2.05) is 30.3 Å². The largest absolute Gasteiger partial charge is 0.468 e. The van der Waals surface area contributed by atoms with Crippen molar-refractivity contribution in [1.29, 1.82) is 0 Å². The lowest BCUT2D eigenvalue weighted by atomic mass is 10.0. The molecule has 1 aromatic carbocycles. The molecule has 0 saturated carbocycles. The SMILES string of the molecule is COC(=O)C(SC)C(O)CCc1ccccc1. The predicted octanol–water partition coefficient (Wildman–Crippen LogP) is 1.88. The number of benzene rings is 1. The van der Waals surface area contributed by atoms with Crippen LogP contribution in [0.5, 0.6) is 0 Å². The molecule has 2 atom stereocenters. The molecule has 4 heteroatoms. The first-order valence-electron chi connectivity index (χ1n) is 5.51. The Morgan fingerprint density at radius 2 is 2.06 bits per heavy atom. The summed E-state index contributed by atoms with van der Waals surface area (Å²) in [4.78, 5) is 11.4. The maximum atomic E-state index is 11.4. The summed E-state index contributed by atoms with van der Waals surface area (Å²) in [5, 5.41) is 9.45. The van der Waals surface area contributed by atoms with Gasteiger partial charge in [-0.15, -0.1) is 11.8 Å². The minimum atomic E-state index is -0.669. The predicted molar refractivity (Wildman–Crippen MR) is 70.1 cm³/mol. The summed E-state index contributed by atoms with van der Waals surface area (Å²) >= 11 is 1.32. The van der Waals surface area contributed by atoms with Crippen LogP contribution in [0.4, 0.5) is 0 Å². The molecule has 0 amide bonds. The number of hydrogen-bond donors (Lipinski definition) is 1. The van der Waals surface area contributed by atoms with E-state index in [9.17, 15) is 9.90 Å². The number of hydrogen-bond acceptors (Lipinski definition) is 4. The Hall–Kier alpha value is -1.00. The topological polar surface area (TPSA) is 46.5 Å². The Bertz CT molecular complexity index is 340. The molecule has 0 spiro atoms. The van der Waals surface area contributed by atoms with Crippen LogP contribution in [0.25, 0.3) is 0 Å². The molecule has 3 nitrogen and oxygen atoms in total. The third kappa shape index (κ3) is 4.40. The molecule has 0 aliphatic rings. The monoisotopic (exact) mass is 254 g/mol. The average Bonchev–Trinajstić information content (AvgIpc) is 2.38. The fourth-order valence-electron chi connectivity index (χ4n) is 1.64. The van der Waals surface area contributed by atoms with Crippen LogP contribution < -0.4 is 0 Å². The maximum Gasteiger partial charge on any atom is 0.321 e. The zero-order valence-corrected chi connectivity index (χ0v) is 10.9. The van der Waals surface area contributed by atoms with Crippen molar-refractivity contribution in [2.75, 3.05) is 13.4 Å². The van der Waals surface area contributed by atoms with Gasteiger partial charge in [0.05, 0.1) is 13.2 Å². The molecule has 1 aromatic rings. The zero-order valence-electron chi connectivity index (χ0n) is 10.1. The van der Waals surface area contributed by atoms with Gasteiger partial charge in [-0.1, -0.05) is 30.3 Å². The number of rotatable bonds is 6. The van der Waals surface area contributed by atoms with Crippen LogP contribution in [0, 0.1) is 0 Å². The number of aliphatic hydroxyl groups is 1. The lowest BCUT2D eigenvalue weighted by Gasteiger charge is -2.18. The second-order valence-corrected chi connectivity index (χ2v) is 4.75. The fourth-order valence-corrected chi connectivity index (χ4v) is 2.38. The molecule has 17 heavy (non-hydrogen) atoms. The van der Waals surface area contributed by atoms with Crippen molar-refractivity contribution < 1.29 is 14.6 Å². The molecule has 0 aliphatic carbocycles. The molecule has 0 bridgehead atoms. The molecule has 2 unspecified atom stereocenters. The Morgan fingerprint density at radius 1 is 1.41 bits per heavy atom. The van der Waals surface area contributed by atoms with E-state index in [1.165, 1.54) is 18.9 Å². The summed E-state index contributed by atoms with van der Waals surface area (Å²) in [5.74, 6) is -0.363. The van der Waals surface area contributed by atoms with Gasteiger partial charge in [-0.3, -0.25) is 4.79 Å². The van der Waals surface area contributed by atoms with Crippen LogP contribution in [0.15, 0.2) is 30.3 Å². The standard InChI is InChI=1S/C13H18O3S/c1-16-13(15)12(17-2)11(14)9-8-10-6-4-3-5-7-10/h3-7,11-12,14H,8-9H2,1-2H3. The van der Waals surface area contributed by atoms with Crippen LogP contribution in [-0.2, 0) is 16.0 Å². The summed E-state index contributed by atoms with van der Waals surface area (Å²) < 4.78 is 4.66. The summed E-state index contributed by atoms with van der Waals surface area (Å²) in [6.07, 6.45) is 2.45. The van der Waals surface area contributed by atoms with E-state index in [4.69, 9.17) is 0 Å². The van der Waals surface area contributed by atoms with Crippen LogP contribution in [0.3, 0.4) is 0 Å². The number of thioether (sulfide) groups is 1. The van der Waals surface area contributed by atoms with Crippen molar-refractivity contribution in [3.05, 3.63) is 35.9 Å². The van der Waals surface area contributed by atoms with Crippen LogP contribution >= 0.6 is 11.8 Å². The highest BCUT2D eigenvalue weighted by molar-refractivity contribution is 7.99. The number of methoxy groups -OCH3 is 1. The average molecular weight is 254 g/mol. The highest BCUT2D eigenvalue weighted by Crippen LogP contribution is 2.17. The van der Waals surface area contributed by atoms with E-state index in [1.54, 1.807) is 6.26 Å². The Labute approximate surface area is 106 Å². The normalized spacial score (nSPS) is 14.1. The summed E-state index contributed by atoms with van der Waals surface area (Å²) in [6, 6.07) is 9.92. The van der Waals surface area contributed by atoms with Gasteiger partial charge in [0.1, 0.15) is 5.25 Å². The van der Waals surface area contributed by atoms with Crippen molar-refractivity contribution in [3.8, 4) is 0 Å². The molecule has 0 heterocycles. The number of carbonyl (C=O) groups excluding carboxylic acids is 1. The third-order valence-corrected chi connectivity index (χ3v) is 3.62. The van der Waals surface area contributed by atoms with E-state index in [2.05, 4.69) is 4.74 Å². The maximum absolute atomic E-state index is 11.4. The number of aliphatic hydroxyl groups excluding tert-OH is 1. The number of esters is 1. The van der Waals surface area contributed by atoms with Gasteiger partial charge < -0.3 is 9.84 Å². The molecule has 0 fully saturated rings. The number of aryl methyl sites for hydroxylation is 1. The second-order valence-electron chi connectivity index (χ2n) is 3.77. The summed E-state index contributed by atoms with van der Waals surface area (Å²) in [6.45, 7) is 0. The number of carbonyl (C=O) groups is 1. The Balaban J connectivity index is 2.48. The lowest BCUT2D eigenvalue weighted by Crippen LogP contribution is -2.32. The summed E-state index contributed by atoms with van der Waals surface area (Å²) in [5.41, 5.74) is 1.16. The highest BCUT2D eigenvalue weighted by atomic mass is 32.2. The lowest BCUT2D eigenvalue weighted by molar-refractivity contribution is -0.142. The first-order valence-corrected chi connectivity index (χ1v) is 6.80. The summed E-state index contributed by atoms with van der Waals surface area (Å²) in [7, 11) is 1.34. The minimum Gasteiger partial charge on any atom is -0.468 e. The van der Waals surface area contributed by atoms with E-state index < -0.39 is 11.4 Å². The molecule has 0 aromatic heterocycles. The molecule has 94 valence electrons. The number of ether oxygens (including phenoxy) is 1. The Morgan fingerprint density at radius 3 is 2.59 bits per heavy atom. The molecule has 0 saturated heterocycles.